The molecule has 4 amide bonds. The molecule has 0 saturated carbocycles. The molecule has 5 rings (SSSR count). The molecular formula is C30H36N8O5. The number of carbonyl (C=O) groups is 4. The van der Waals surface area contributed by atoms with E-state index in [-0.39, 0.29) is 74.1 Å². The molecule has 0 radical (unpaired) electrons. The molecular weight excluding hydrogens is 552 g/mol. The van der Waals surface area contributed by atoms with Crippen molar-refractivity contribution >= 4 is 29.3 Å². The van der Waals surface area contributed by atoms with Gasteiger partial charge in [-0.1, -0.05) is 30.3 Å². The van der Waals surface area contributed by atoms with E-state index in [0.29, 0.717) is 18.8 Å². The first-order chi connectivity index (χ1) is 20.7. The molecule has 1 fully saturated rings. The Kier molecular flexibility index (Phi) is 8.98. The number of benzene rings is 1. The SMILES string of the molecule is CCc1ccccc1NC(=O)CCC(=O)N1C[C@@H]2CC(=O)NCCN(C)C(=O)c3cccn(c3=O)Cc3cn(nn3)[C@@H]2C1. The average Bonchev–Trinajstić information content (AvgIpc) is 3.63. The third kappa shape index (κ3) is 6.82. The number of likely N-dealkylation sites (N-methyl/N-ethyl adjacent to an activating group) is 1. The lowest BCUT2D eigenvalue weighted by atomic mass is 9.99. The van der Waals surface area contributed by atoms with Gasteiger partial charge in [0.25, 0.3) is 11.5 Å². The molecule has 0 aliphatic carbocycles. The molecule has 2 N–H and O–H groups in total. The molecule has 2 aliphatic rings. The molecule has 0 unspecified atom stereocenters. The number of aromatic nitrogens is 4. The maximum Gasteiger partial charge on any atom is 0.263 e. The molecule has 1 saturated heterocycles. The van der Waals surface area contributed by atoms with Crippen LogP contribution >= 0.6 is 0 Å². The number of carbonyl (C=O) groups excluding carboxylic acids is 4. The van der Waals surface area contributed by atoms with Gasteiger partial charge in [0.15, 0.2) is 0 Å². The zero-order chi connectivity index (χ0) is 30.5. The van der Waals surface area contributed by atoms with Crippen LogP contribution in [0.25, 0.3) is 0 Å². The van der Waals surface area contributed by atoms with Crippen molar-refractivity contribution in [3.8, 4) is 0 Å². The molecule has 4 heterocycles. The van der Waals surface area contributed by atoms with Gasteiger partial charge in [0.05, 0.1) is 18.8 Å². The van der Waals surface area contributed by atoms with E-state index in [0.717, 1.165) is 17.7 Å². The molecule has 1 aromatic carbocycles. The highest BCUT2D eigenvalue weighted by Crippen LogP contribution is 2.31. The van der Waals surface area contributed by atoms with Crippen molar-refractivity contribution in [1.29, 1.82) is 0 Å². The fourth-order valence-electron chi connectivity index (χ4n) is 5.63. The van der Waals surface area contributed by atoms with Crippen LogP contribution < -0.4 is 16.2 Å². The number of aryl methyl sites for hydroxylation is 1. The molecule has 3 aromatic rings. The van der Waals surface area contributed by atoms with E-state index < -0.39 is 11.5 Å². The second-order valence-corrected chi connectivity index (χ2v) is 11.0. The lowest BCUT2D eigenvalue weighted by molar-refractivity contribution is -0.132. The molecule has 43 heavy (non-hydrogen) atoms. The van der Waals surface area contributed by atoms with Crippen LogP contribution in [0, 0.1) is 5.92 Å². The molecule has 13 heteroatoms. The summed E-state index contributed by atoms with van der Waals surface area (Å²) in [6.45, 7) is 3.20. The van der Waals surface area contributed by atoms with E-state index in [1.807, 2.05) is 31.2 Å². The highest BCUT2D eigenvalue weighted by Gasteiger charge is 2.38. The fraction of sp³-hybridized carbons (Fsp3) is 0.433. The Balaban J connectivity index is 1.31. The first-order valence-corrected chi connectivity index (χ1v) is 14.5. The molecule has 2 aromatic heterocycles. The quantitative estimate of drug-likeness (QED) is 0.452. The van der Waals surface area contributed by atoms with Crippen LogP contribution in [0.15, 0.2) is 53.6 Å². The Morgan fingerprint density at radius 3 is 2.70 bits per heavy atom. The van der Waals surface area contributed by atoms with Gasteiger partial charge in [-0.2, -0.15) is 0 Å². The third-order valence-electron chi connectivity index (χ3n) is 8.04. The topological polar surface area (TPSA) is 152 Å². The van der Waals surface area contributed by atoms with Crippen LogP contribution in [0.3, 0.4) is 0 Å². The summed E-state index contributed by atoms with van der Waals surface area (Å²) in [6.07, 6.45) is 4.30. The standard InChI is InChI=1S/C30H36N8O5/c1-3-20-7-4-5-9-24(20)32-26(39)10-11-28(41)37-16-21-15-27(40)31-12-14-35(2)29(42)23-8-6-13-36(30(23)43)17-22-18-38(34-33-22)25(21)19-37/h4-9,13,18,21,25H,3,10-12,14-17,19H2,1-2H3,(H,31,40)(H,32,39)/t21-,25+/m0/s1. The average molecular weight is 589 g/mol. The second kappa shape index (κ2) is 13.0. The lowest BCUT2D eigenvalue weighted by Crippen LogP contribution is -2.39. The van der Waals surface area contributed by atoms with Gasteiger partial charge in [0.1, 0.15) is 11.3 Å². The smallest absolute Gasteiger partial charge is 0.263 e. The number of likely N-dealkylation sites (tertiary alicyclic amines) is 1. The second-order valence-electron chi connectivity index (χ2n) is 11.0. The van der Waals surface area contributed by atoms with Gasteiger partial charge in [0.2, 0.25) is 17.7 Å². The summed E-state index contributed by atoms with van der Waals surface area (Å²) in [5.41, 5.74) is 1.86. The fourth-order valence-corrected chi connectivity index (χ4v) is 5.63. The van der Waals surface area contributed by atoms with Gasteiger partial charge < -0.3 is 25.0 Å². The van der Waals surface area contributed by atoms with Gasteiger partial charge in [-0.15, -0.1) is 5.10 Å². The maximum absolute atomic E-state index is 13.2. The Bertz CT molecular complexity index is 1580. The van der Waals surface area contributed by atoms with Crippen LogP contribution in [-0.2, 0) is 27.3 Å². The number of anilines is 1. The Hall–Kier alpha value is -4.81. The summed E-state index contributed by atoms with van der Waals surface area (Å²) in [6, 6.07) is 10.4. The molecule has 13 nitrogen and oxygen atoms in total. The predicted molar refractivity (Wildman–Crippen MR) is 157 cm³/mol. The van der Waals surface area contributed by atoms with Gasteiger partial charge >= 0.3 is 0 Å². The van der Waals surface area contributed by atoms with E-state index in [9.17, 15) is 24.0 Å². The summed E-state index contributed by atoms with van der Waals surface area (Å²) in [4.78, 5) is 67.8. The van der Waals surface area contributed by atoms with Crippen molar-refractivity contribution in [2.45, 2.75) is 45.2 Å². The van der Waals surface area contributed by atoms with Crippen LogP contribution in [0.1, 0.15) is 53.8 Å². The highest BCUT2D eigenvalue weighted by molar-refractivity contribution is 5.94. The van der Waals surface area contributed by atoms with Crippen molar-refractivity contribution in [2.24, 2.45) is 5.92 Å². The van der Waals surface area contributed by atoms with Gasteiger partial charge in [-0.3, -0.25) is 24.0 Å². The van der Waals surface area contributed by atoms with Crippen molar-refractivity contribution in [1.82, 2.24) is 34.7 Å². The van der Waals surface area contributed by atoms with E-state index in [1.54, 1.807) is 35.1 Å². The van der Waals surface area contributed by atoms with E-state index in [2.05, 4.69) is 20.9 Å². The summed E-state index contributed by atoms with van der Waals surface area (Å²) >= 11 is 0. The van der Waals surface area contributed by atoms with Crippen LogP contribution in [0.4, 0.5) is 5.69 Å². The molecule has 4 bridgehead atoms. The number of rotatable bonds is 5. The van der Waals surface area contributed by atoms with E-state index in [1.165, 1.54) is 15.5 Å². The monoisotopic (exact) mass is 588 g/mol. The number of pyridine rings is 1. The van der Waals surface area contributed by atoms with Gasteiger partial charge in [-0.05, 0) is 30.2 Å². The van der Waals surface area contributed by atoms with Crippen LogP contribution in [0.2, 0.25) is 0 Å². The molecule has 2 aliphatic heterocycles. The third-order valence-corrected chi connectivity index (χ3v) is 8.04. The predicted octanol–water partition coefficient (Wildman–Crippen LogP) is 1.06. The lowest BCUT2D eigenvalue weighted by Gasteiger charge is -2.20. The summed E-state index contributed by atoms with van der Waals surface area (Å²) in [5.74, 6) is -1.31. The van der Waals surface area contributed by atoms with Gasteiger partial charge in [-0.25, -0.2) is 4.68 Å². The summed E-state index contributed by atoms with van der Waals surface area (Å²) in [5, 5.41) is 14.3. The number of nitrogens with zero attached hydrogens (tertiary/aromatic N) is 6. The molecule has 226 valence electrons. The number of amides is 4. The maximum atomic E-state index is 13.2. The number of nitrogens with one attached hydrogen (secondary N) is 2. The van der Waals surface area contributed by atoms with Crippen molar-refractivity contribution in [2.75, 3.05) is 38.5 Å². The van der Waals surface area contributed by atoms with Crippen molar-refractivity contribution < 1.29 is 19.2 Å². The zero-order valence-corrected chi connectivity index (χ0v) is 24.4. The minimum Gasteiger partial charge on any atom is -0.354 e. The molecule has 2 atom stereocenters. The van der Waals surface area contributed by atoms with Crippen LogP contribution in [-0.4, -0.2) is 86.2 Å². The van der Waals surface area contributed by atoms with Crippen LogP contribution in [0.5, 0.6) is 0 Å². The Morgan fingerprint density at radius 1 is 1.07 bits per heavy atom. The summed E-state index contributed by atoms with van der Waals surface area (Å²) in [7, 11) is 1.58. The van der Waals surface area contributed by atoms with E-state index in [4.69, 9.17) is 0 Å². The Labute approximate surface area is 248 Å². The first-order valence-electron chi connectivity index (χ1n) is 14.5. The zero-order valence-electron chi connectivity index (χ0n) is 24.4. The van der Waals surface area contributed by atoms with Gasteiger partial charge in [0, 0.05) is 70.3 Å². The minimum absolute atomic E-state index is 0.0316. The normalized spacial score (nSPS) is 19.1. The number of hydrogen-bond acceptors (Lipinski definition) is 7. The number of fused-ring (bicyclic) bond motifs is 6. The largest absolute Gasteiger partial charge is 0.354 e. The Morgan fingerprint density at radius 2 is 1.88 bits per heavy atom. The minimum atomic E-state index is -0.442. The first kappa shape index (κ1) is 29.7. The van der Waals surface area contributed by atoms with E-state index >= 15 is 0 Å². The summed E-state index contributed by atoms with van der Waals surface area (Å²) < 4.78 is 3.06. The van der Waals surface area contributed by atoms with Crippen molar-refractivity contribution in [3.63, 3.8) is 0 Å². The van der Waals surface area contributed by atoms with Crippen molar-refractivity contribution in [3.05, 3.63) is 76.0 Å². The number of para-hydroxylation sites is 1. The number of hydrogen-bond donors (Lipinski definition) is 2. The highest BCUT2D eigenvalue weighted by atomic mass is 16.2. The molecule has 0 spiro atoms.